The molecule has 6 nitrogen and oxygen atoms in total. The molecule has 0 amide bonds. The first kappa shape index (κ1) is 29.6. The SMILES string of the molecule is C=C/C(=C\C(=C/C)c1cnc2n[nH]c(-c3cc4c(-c5cc(F)cc(CCCN6CCCC6)c5)cccc4[nH]3)c2c1)NC(C)C. The number of pyridine rings is 1. The number of halogens is 1. The van der Waals surface area contributed by atoms with Crippen LogP contribution >= 0.6 is 0 Å². The average Bonchev–Trinajstić information content (AvgIpc) is 3.78. The Hall–Kier alpha value is -4.49. The minimum absolute atomic E-state index is 0.193. The minimum atomic E-state index is -0.193. The van der Waals surface area contributed by atoms with E-state index in [1.165, 1.54) is 25.9 Å². The zero-order valence-electron chi connectivity index (χ0n) is 25.9. The van der Waals surface area contributed by atoms with Crippen LogP contribution in [0.1, 0.15) is 51.2 Å². The van der Waals surface area contributed by atoms with Crippen molar-refractivity contribution in [3.8, 4) is 22.5 Å². The quantitative estimate of drug-likeness (QED) is 0.136. The van der Waals surface area contributed by atoms with Crippen molar-refractivity contribution in [3.05, 3.63) is 102 Å². The number of fused-ring (bicyclic) bond motifs is 2. The molecular formula is C37H41FN6. The summed E-state index contributed by atoms with van der Waals surface area (Å²) in [6.07, 6.45) is 12.3. The number of likely N-dealkylation sites (tertiary alicyclic amines) is 1. The van der Waals surface area contributed by atoms with Crippen molar-refractivity contribution in [2.45, 2.75) is 52.5 Å². The molecule has 44 heavy (non-hydrogen) atoms. The second kappa shape index (κ2) is 13.0. The number of allylic oxidation sites excluding steroid dienone is 4. The second-order valence-electron chi connectivity index (χ2n) is 12.0. The third-order valence-electron chi connectivity index (χ3n) is 8.38. The van der Waals surface area contributed by atoms with Gasteiger partial charge in [0.2, 0.25) is 0 Å². The molecule has 7 heteroatoms. The zero-order chi connectivity index (χ0) is 30.6. The van der Waals surface area contributed by atoms with E-state index in [0.717, 1.165) is 80.6 Å². The van der Waals surface area contributed by atoms with E-state index >= 15 is 0 Å². The lowest BCUT2D eigenvalue weighted by atomic mass is 9.97. The third kappa shape index (κ3) is 6.38. The molecule has 0 saturated carbocycles. The van der Waals surface area contributed by atoms with E-state index in [4.69, 9.17) is 0 Å². The molecule has 5 aromatic rings. The van der Waals surface area contributed by atoms with E-state index in [2.05, 4.69) is 93.3 Å². The number of aromatic amines is 2. The number of benzene rings is 2. The zero-order valence-corrected chi connectivity index (χ0v) is 25.9. The Morgan fingerprint density at radius 1 is 1.11 bits per heavy atom. The van der Waals surface area contributed by atoms with Crippen LogP contribution in [0.25, 0.3) is 50.0 Å². The number of hydrogen-bond acceptors (Lipinski definition) is 4. The highest BCUT2D eigenvalue weighted by Crippen LogP contribution is 2.35. The normalized spacial score (nSPS) is 14.8. The molecule has 1 saturated heterocycles. The Labute approximate surface area is 258 Å². The number of H-pyrrole nitrogens is 2. The van der Waals surface area contributed by atoms with Crippen LogP contribution in [0.3, 0.4) is 0 Å². The summed E-state index contributed by atoms with van der Waals surface area (Å²) in [6.45, 7) is 13.6. The minimum Gasteiger partial charge on any atom is -0.383 e. The van der Waals surface area contributed by atoms with Crippen molar-refractivity contribution < 1.29 is 4.39 Å². The number of nitrogens with one attached hydrogen (secondary N) is 3. The van der Waals surface area contributed by atoms with Gasteiger partial charge in [0.25, 0.3) is 0 Å². The first-order valence-electron chi connectivity index (χ1n) is 15.7. The molecule has 4 heterocycles. The van der Waals surface area contributed by atoms with Gasteiger partial charge in [-0.2, -0.15) is 5.10 Å². The summed E-state index contributed by atoms with van der Waals surface area (Å²) in [5, 5.41) is 13.1. The molecule has 0 spiro atoms. The number of aromatic nitrogens is 4. The molecular weight excluding hydrogens is 547 g/mol. The van der Waals surface area contributed by atoms with Gasteiger partial charge in [-0.1, -0.05) is 30.9 Å². The fourth-order valence-corrected chi connectivity index (χ4v) is 6.26. The number of hydrogen-bond donors (Lipinski definition) is 3. The van der Waals surface area contributed by atoms with Gasteiger partial charge in [0.05, 0.1) is 11.4 Å². The monoisotopic (exact) mass is 588 g/mol. The molecule has 1 fully saturated rings. The smallest absolute Gasteiger partial charge is 0.181 e. The van der Waals surface area contributed by atoms with Gasteiger partial charge < -0.3 is 15.2 Å². The van der Waals surface area contributed by atoms with Crippen LogP contribution in [-0.2, 0) is 6.42 Å². The van der Waals surface area contributed by atoms with Gasteiger partial charge in [0.1, 0.15) is 5.82 Å². The molecule has 0 bridgehead atoms. The van der Waals surface area contributed by atoms with Gasteiger partial charge in [0.15, 0.2) is 5.65 Å². The molecule has 3 aromatic heterocycles. The number of rotatable bonds is 11. The van der Waals surface area contributed by atoms with E-state index < -0.39 is 0 Å². The lowest BCUT2D eigenvalue weighted by Crippen LogP contribution is -2.20. The lowest BCUT2D eigenvalue weighted by Gasteiger charge is -2.14. The van der Waals surface area contributed by atoms with Crippen LogP contribution < -0.4 is 5.32 Å². The topological polar surface area (TPSA) is 72.6 Å². The Balaban J connectivity index is 1.32. The fraction of sp³-hybridized carbons (Fsp3) is 0.297. The fourth-order valence-electron chi connectivity index (χ4n) is 6.26. The highest BCUT2D eigenvalue weighted by molar-refractivity contribution is 6.01. The summed E-state index contributed by atoms with van der Waals surface area (Å²) in [7, 11) is 0. The average molecular weight is 589 g/mol. The van der Waals surface area contributed by atoms with Crippen LogP contribution in [0, 0.1) is 5.82 Å². The van der Waals surface area contributed by atoms with Crippen LogP contribution in [0.15, 0.2) is 85.2 Å². The molecule has 0 radical (unpaired) electrons. The predicted octanol–water partition coefficient (Wildman–Crippen LogP) is 8.41. The van der Waals surface area contributed by atoms with E-state index in [0.29, 0.717) is 11.7 Å². The second-order valence-corrected chi connectivity index (χ2v) is 12.0. The van der Waals surface area contributed by atoms with Crippen molar-refractivity contribution >= 4 is 27.5 Å². The summed E-state index contributed by atoms with van der Waals surface area (Å²) in [5.74, 6) is -0.193. The summed E-state index contributed by atoms with van der Waals surface area (Å²) in [4.78, 5) is 10.7. The molecule has 6 rings (SSSR count). The van der Waals surface area contributed by atoms with E-state index in [9.17, 15) is 4.39 Å². The molecule has 0 atom stereocenters. The van der Waals surface area contributed by atoms with Crippen LogP contribution in [0.5, 0.6) is 0 Å². The summed E-state index contributed by atoms with van der Waals surface area (Å²) in [5.41, 5.74) is 9.32. The number of nitrogens with zero attached hydrogens (tertiary/aromatic N) is 3. The van der Waals surface area contributed by atoms with Gasteiger partial charge in [-0.05, 0) is 131 Å². The molecule has 2 aromatic carbocycles. The number of aryl methyl sites for hydroxylation is 1. The first-order chi connectivity index (χ1) is 21.4. The Kier molecular flexibility index (Phi) is 8.75. The first-order valence-corrected chi connectivity index (χ1v) is 15.7. The van der Waals surface area contributed by atoms with E-state index in [-0.39, 0.29) is 5.82 Å². The molecule has 1 aliphatic rings. The highest BCUT2D eigenvalue weighted by Gasteiger charge is 2.16. The third-order valence-corrected chi connectivity index (χ3v) is 8.38. The molecule has 1 aliphatic heterocycles. The standard InChI is InChI=1S/C37H41FN6/c1-5-26(20-30(6-2)40-24(3)4)28-21-33-36(42-43-37(33)39-23-28)35-22-32-31(12-9-13-34(32)41-35)27-17-25(18-29(38)19-27)11-10-16-44-14-7-8-15-44/h5-6,9,12-13,17-24,40-41H,2,7-8,10-11,14-16H2,1,3-4H3,(H,39,42,43)/b26-5+,30-20+. The van der Waals surface area contributed by atoms with Crippen LogP contribution in [0.4, 0.5) is 4.39 Å². The summed E-state index contributed by atoms with van der Waals surface area (Å²) < 4.78 is 14.9. The van der Waals surface area contributed by atoms with E-state index in [1.807, 2.05) is 25.3 Å². The van der Waals surface area contributed by atoms with E-state index in [1.54, 1.807) is 12.1 Å². The molecule has 0 unspecified atom stereocenters. The Morgan fingerprint density at radius 3 is 2.73 bits per heavy atom. The Morgan fingerprint density at radius 2 is 1.95 bits per heavy atom. The van der Waals surface area contributed by atoms with Crippen molar-refractivity contribution in [2.24, 2.45) is 0 Å². The highest BCUT2D eigenvalue weighted by atomic mass is 19.1. The molecule has 3 N–H and O–H groups in total. The van der Waals surface area contributed by atoms with Crippen molar-refractivity contribution in [1.82, 2.24) is 30.4 Å². The van der Waals surface area contributed by atoms with Gasteiger partial charge in [-0.15, -0.1) is 0 Å². The largest absolute Gasteiger partial charge is 0.383 e. The van der Waals surface area contributed by atoms with Crippen molar-refractivity contribution in [1.29, 1.82) is 0 Å². The summed E-state index contributed by atoms with van der Waals surface area (Å²) >= 11 is 0. The molecule has 226 valence electrons. The predicted molar refractivity (Wildman–Crippen MR) is 181 cm³/mol. The van der Waals surface area contributed by atoms with Crippen molar-refractivity contribution in [2.75, 3.05) is 19.6 Å². The Bertz CT molecular complexity index is 1850. The van der Waals surface area contributed by atoms with Gasteiger partial charge in [-0.3, -0.25) is 5.10 Å². The van der Waals surface area contributed by atoms with Crippen molar-refractivity contribution in [3.63, 3.8) is 0 Å². The maximum Gasteiger partial charge on any atom is 0.181 e. The van der Waals surface area contributed by atoms with Gasteiger partial charge in [-0.25, -0.2) is 9.37 Å². The maximum atomic E-state index is 14.9. The van der Waals surface area contributed by atoms with Crippen LogP contribution in [-0.4, -0.2) is 50.7 Å². The molecule has 0 aliphatic carbocycles. The summed E-state index contributed by atoms with van der Waals surface area (Å²) in [6, 6.07) is 16.2. The lowest BCUT2D eigenvalue weighted by molar-refractivity contribution is 0.334. The van der Waals surface area contributed by atoms with Crippen LogP contribution in [0.2, 0.25) is 0 Å². The van der Waals surface area contributed by atoms with Gasteiger partial charge >= 0.3 is 0 Å². The van der Waals surface area contributed by atoms with Gasteiger partial charge in [0, 0.05) is 39.8 Å². The maximum absolute atomic E-state index is 14.9.